The van der Waals surface area contributed by atoms with Crippen LogP contribution in [0.15, 0.2) is 41.4 Å². The average Bonchev–Trinajstić information content (AvgIpc) is 3.05. The van der Waals surface area contributed by atoms with E-state index in [0.717, 1.165) is 17.9 Å². The SMILES string of the molecule is CN=C(NCCN1C(=O)C2C3C=CC(C3)C2C1=O)NC1CC1c1cccc(Cl)c1. The Balaban J connectivity index is 1.12. The number of allylic oxidation sites excluding steroid dienone is 2. The fourth-order valence-electron chi connectivity index (χ4n) is 5.30. The molecule has 29 heavy (non-hydrogen) atoms. The third-order valence-electron chi connectivity index (χ3n) is 6.80. The maximum atomic E-state index is 12.7. The number of rotatable bonds is 5. The molecule has 2 bridgehead atoms. The maximum Gasteiger partial charge on any atom is 0.233 e. The largest absolute Gasteiger partial charge is 0.355 e. The van der Waals surface area contributed by atoms with E-state index >= 15 is 0 Å². The van der Waals surface area contributed by atoms with Crippen molar-refractivity contribution in [3.05, 3.63) is 47.0 Å². The van der Waals surface area contributed by atoms with Gasteiger partial charge >= 0.3 is 0 Å². The third kappa shape index (κ3) is 3.23. The van der Waals surface area contributed by atoms with Crippen LogP contribution in [0.5, 0.6) is 0 Å². The second kappa shape index (κ2) is 7.17. The molecule has 0 spiro atoms. The number of amides is 2. The minimum absolute atomic E-state index is 0.00445. The monoisotopic (exact) mass is 412 g/mol. The minimum Gasteiger partial charge on any atom is -0.355 e. The van der Waals surface area contributed by atoms with E-state index in [0.29, 0.717) is 31.0 Å². The van der Waals surface area contributed by atoms with Crippen molar-refractivity contribution >= 4 is 29.4 Å². The normalized spacial score (nSPS) is 34.7. The van der Waals surface area contributed by atoms with Gasteiger partial charge in [0.25, 0.3) is 0 Å². The summed E-state index contributed by atoms with van der Waals surface area (Å²) in [5.74, 6) is 1.39. The van der Waals surface area contributed by atoms with Gasteiger partial charge in [-0.1, -0.05) is 35.9 Å². The average molecular weight is 413 g/mol. The van der Waals surface area contributed by atoms with Gasteiger partial charge in [0, 0.05) is 37.1 Å². The highest BCUT2D eigenvalue weighted by molar-refractivity contribution is 6.30. The number of nitrogens with zero attached hydrogens (tertiary/aromatic N) is 2. The molecule has 0 aromatic heterocycles. The van der Waals surface area contributed by atoms with E-state index in [9.17, 15) is 9.59 Å². The zero-order chi connectivity index (χ0) is 20.1. The molecular weight excluding hydrogens is 388 g/mol. The Morgan fingerprint density at radius 1 is 1.17 bits per heavy atom. The second-order valence-corrected chi connectivity index (χ2v) is 8.91. The fourth-order valence-corrected chi connectivity index (χ4v) is 5.50. The molecule has 1 aromatic carbocycles. The van der Waals surface area contributed by atoms with Gasteiger partial charge in [0.1, 0.15) is 0 Å². The van der Waals surface area contributed by atoms with Gasteiger partial charge in [0.2, 0.25) is 11.8 Å². The molecule has 6 unspecified atom stereocenters. The lowest BCUT2D eigenvalue weighted by atomic mass is 9.85. The third-order valence-corrected chi connectivity index (χ3v) is 7.04. The molecule has 1 aromatic rings. The Bertz CT molecular complexity index is 884. The van der Waals surface area contributed by atoms with Crippen molar-refractivity contribution in [2.45, 2.75) is 24.8 Å². The van der Waals surface area contributed by atoms with E-state index in [2.05, 4.69) is 33.8 Å². The van der Waals surface area contributed by atoms with Gasteiger partial charge in [0.15, 0.2) is 5.96 Å². The first-order valence-corrected chi connectivity index (χ1v) is 10.7. The number of carbonyl (C=O) groups is 2. The molecule has 6 nitrogen and oxygen atoms in total. The van der Waals surface area contributed by atoms with Gasteiger partial charge in [-0.25, -0.2) is 0 Å². The Labute approximate surface area is 175 Å². The summed E-state index contributed by atoms with van der Waals surface area (Å²) in [6, 6.07) is 8.27. The number of hydrogen-bond donors (Lipinski definition) is 2. The first-order valence-electron chi connectivity index (χ1n) is 10.3. The van der Waals surface area contributed by atoms with E-state index < -0.39 is 0 Å². The number of nitrogens with one attached hydrogen (secondary N) is 2. The highest BCUT2D eigenvalue weighted by atomic mass is 35.5. The molecule has 152 valence electrons. The van der Waals surface area contributed by atoms with Gasteiger partial charge in [-0.05, 0) is 42.4 Å². The lowest BCUT2D eigenvalue weighted by molar-refractivity contribution is -0.140. The minimum atomic E-state index is -0.125. The second-order valence-electron chi connectivity index (χ2n) is 8.48. The van der Waals surface area contributed by atoms with Gasteiger partial charge in [-0.3, -0.25) is 19.5 Å². The zero-order valence-electron chi connectivity index (χ0n) is 16.3. The molecular formula is C22H25ClN4O2. The van der Waals surface area contributed by atoms with Crippen LogP contribution >= 0.6 is 11.6 Å². The molecule has 4 aliphatic rings. The Morgan fingerprint density at radius 2 is 1.90 bits per heavy atom. The van der Waals surface area contributed by atoms with Gasteiger partial charge in [-0.2, -0.15) is 0 Å². The number of fused-ring (bicyclic) bond motifs is 5. The highest BCUT2D eigenvalue weighted by Gasteiger charge is 2.58. The number of carbonyl (C=O) groups excluding carboxylic acids is 2. The molecule has 1 saturated heterocycles. The van der Waals surface area contributed by atoms with Crippen LogP contribution in [0.4, 0.5) is 0 Å². The van der Waals surface area contributed by atoms with Crippen molar-refractivity contribution < 1.29 is 9.59 Å². The van der Waals surface area contributed by atoms with Crippen LogP contribution in [0.1, 0.15) is 24.3 Å². The predicted octanol–water partition coefficient (Wildman–Crippen LogP) is 2.17. The molecule has 3 fully saturated rings. The van der Waals surface area contributed by atoms with E-state index in [4.69, 9.17) is 11.6 Å². The fraction of sp³-hybridized carbons (Fsp3) is 0.500. The number of halogens is 1. The summed E-state index contributed by atoms with van der Waals surface area (Å²) in [5.41, 5.74) is 1.23. The summed E-state index contributed by atoms with van der Waals surface area (Å²) in [6.07, 6.45) is 6.24. The molecule has 1 heterocycles. The van der Waals surface area contributed by atoms with E-state index in [1.807, 2.05) is 18.2 Å². The van der Waals surface area contributed by atoms with Crippen LogP contribution < -0.4 is 10.6 Å². The van der Waals surface area contributed by atoms with Crippen LogP contribution in [0.3, 0.4) is 0 Å². The molecule has 1 aliphatic heterocycles. The Hall–Kier alpha value is -2.34. The summed E-state index contributed by atoms with van der Waals surface area (Å²) in [5, 5.41) is 7.42. The molecule has 3 aliphatic carbocycles. The lowest BCUT2D eigenvalue weighted by Gasteiger charge is -2.18. The van der Waals surface area contributed by atoms with E-state index in [1.54, 1.807) is 7.05 Å². The number of likely N-dealkylation sites (tertiary alicyclic amines) is 1. The Morgan fingerprint density at radius 3 is 2.55 bits per heavy atom. The van der Waals surface area contributed by atoms with E-state index in [1.165, 1.54) is 10.5 Å². The van der Waals surface area contributed by atoms with Crippen LogP contribution in [-0.4, -0.2) is 48.9 Å². The molecule has 2 saturated carbocycles. The van der Waals surface area contributed by atoms with Crippen molar-refractivity contribution in [2.24, 2.45) is 28.7 Å². The maximum absolute atomic E-state index is 12.7. The van der Waals surface area contributed by atoms with Crippen molar-refractivity contribution in [2.75, 3.05) is 20.1 Å². The van der Waals surface area contributed by atoms with Gasteiger partial charge in [0.05, 0.1) is 11.8 Å². The topological polar surface area (TPSA) is 73.8 Å². The molecule has 2 amide bonds. The van der Waals surface area contributed by atoms with Gasteiger partial charge < -0.3 is 10.6 Å². The lowest BCUT2D eigenvalue weighted by Crippen LogP contribution is -2.44. The first-order chi connectivity index (χ1) is 14.1. The first kappa shape index (κ1) is 18.7. The highest BCUT2D eigenvalue weighted by Crippen LogP contribution is 2.52. The van der Waals surface area contributed by atoms with Gasteiger partial charge in [-0.15, -0.1) is 0 Å². The van der Waals surface area contributed by atoms with Crippen LogP contribution in [0, 0.1) is 23.7 Å². The summed E-state index contributed by atoms with van der Waals surface area (Å²) in [4.78, 5) is 31.2. The summed E-state index contributed by atoms with van der Waals surface area (Å²) in [6.45, 7) is 0.876. The predicted molar refractivity (Wildman–Crippen MR) is 112 cm³/mol. The molecule has 7 heteroatoms. The molecule has 6 atom stereocenters. The standard InChI is InChI=1S/C22H25ClN4O2/c1-24-22(26-17-11-16(17)12-3-2-4-15(23)10-12)25-7-8-27-20(28)18-13-5-6-14(9-13)19(18)21(27)29/h2-6,10,13-14,16-19H,7-9,11H2,1H3,(H2,24,25,26). The summed E-state index contributed by atoms with van der Waals surface area (Å²) >= 11 is 6.09. The molecule has 0 radical (unpaired) electrons. The number of aliphatic imine (C=N–C) groups is 1. The van der Waals surface area contributed by atoms with Crippen LogP contribution in [0.25, 0.3) is 0 Å². The zero-order valence-corrected chi connectivity index (χ0v) is 17.1. The van der Waals surface area contributed by atoms with Crippen molar-refractivity contribution in [3.8, 4) is 0 Å². The summed E-state index contributed by atoms with van der Waals surface area (Å²) < 4.78 is 0. The van der Waals surface area contributed by atoms with E-state index in [-0.39, 0.29) is 35.5 Å². The number of imide groups is 1. The molecule has 5 rings (SSSR count). The quantitative estimate of drug-likeness (QED) is 0.336. The summed E-state index contributed by atoms with van der Waals surface area (Å²) in [7, 11) is 1.73. The van der Waals surface area contributed by atoms with Crippen molar-refractivity contribution in [1.82, 2.24) is 15.5 Å². The number of guanidine groups is 1. The smallest absolute Gasteiger partial charge is 0.233 e. The van der Waals surface area contributed by atoms with Crippen LogP contribution in [0.2, 0.25) is 5.02 Å². The number of hydrogen-bond acceptors (Lipinski definition) is 3. The van der Waals surface area contributed by atoms with Crippen molar-refractivity contribution in [3.63, 3.8) is 0 Å². The number of benzene rings is 1. The Kier molecular flexibility index (Phi) is 4.62. The molecule has 2 N–H and O–H groups in total. The van der Waals surface area contributed by atoms with Crippen LogP contribution in [-0.2, 0) is 9.59 Å². The van der Waals surface area contributed by atoms with Crippen molar-refractivity contribution in [1.29, 1.82) is 0 Å².